The maximum atomic E-state index is 12.5. The Morgan fingerprint density at radius 3 is 2.56 bits per heavy atom. The summed E-state index contributed by atoms with van der Waals surface area (Å²) in [5.74, 6) is 1.63. The molecule has 2 atom stereocenters. The molecule has 25 heavy (non-hydrogen) atoms. The zero-order valence-electron chi connectivity index (χ0n) is 15.5. The molecule has 2 N–H and O–H groups in total. The molecule has 2 aliphatic rings. The van der Waals surface area contributed by atoms with Crippen molar-refractivity contribution in [2.24, 2.45) is 5.92 Å². The van der Waals surface area contributed by atoms with Crippen LogP contribution < -0.4 is 10.6 Å². The number of carbonyl (C=O) groups excluding carboxylic acids is 2. The second-order valence-corrected chi connectivity index (χ2v) is 9.13. The molecule has 3 rings (SSSR count). The summed E-state index contributed by atoms with van der Waals surface area (Å²) in [5.41, 5.74) is 1.80. The molecular formula is C18H28N4O2S. The normalized spacial score (nSPS) is 23.2. The smallest absolute Gasteiger partial charge is 0.314 e. The fraction of sp³-hybridized carbons (Fsp3) is 0.722. The Morgan fingerprint density at radius 2 is 1.88 bits per heavy atom. The van der Waals surface area contributed by atoms with Crippen molar-refractivity contribution in [2.75, 3.05) is 5.32 Å². The van der Waals surface area contributed by atoms with Crippen molar-refractivity contribution in [3.05, 3.63) is 11.3 Å². The van der Waals surface area contributed by atoms with Crippen molar-refractivity contribution in [1.29, 1.82) is 0 Å². The van der Waals surface area contributed by atoms with Crippen LogP contribution in [0.15, 0.2) is 0 Å². The van der Waals surface area contributed by atoms with Crippen LogP contribution in [0.25, 0.3) is 0 Å². The van der Waals surface area contributed by atoms with Crippen LogP contribution in [0, 0.1) is 5.92 Å². The first-order valence-corrected chi connectivity index (χ1v) is 10.2. The lowest BCUT2D eigenvalue weighted by Crippen LogP contribution is -2.46. The first-order valence-electron chi connectivity index (χ1n) is 9.08. The number of hydrogen-bond acceptors (Lipinski definition) is 4. The molecule has 6 nitrogen and oxygen atoms in total. The third kappa shape index (κ3) is 3.86. The van der Waals surface area contributed by atoms with E-state index in [9.17, 15) is 9.59 Å². The summed E-state index contributed by atoms with van der Waals surface area (Å²) in [4.78, 5) is 24.9. The van der Waals surface area contributed by atoms with Gasteiger partial charge in [0, 0.05) is 23.1 Å². The summed E-state index contributed by atoms with van der Waals surface area (Å²) in [6, 6.07) is 0.0980. The Labute approximate surface area is 153 Å². The molecule has 1 saturated carbocycles. The van der Waals surface area contributed by atoms with E-state index in [4.69, 9.17) is 0 Å². The standard InChI is InChI=1S/C18H28N4O2S/c1-11-7-5-6-8-13(11)19-16(23)17(24)20-15-12-9-25-10-14(12)21-22(15)18(2,3)4/h11,13H,5-10H2,1-4H3,(H,19,23)(H,20,24)/t11-,13-/m0/s1. The minimum atomic E-state index is -0.595. The molecule has 1 aliphatic heterocycles. The number of hydrogen-bond donors (Lipinski definition) is 2. The molecule has 1 aromatic heterocycles. The van der Waals surface area contributed by atoms with Crippen LogP contribution in [0.1, 0.15) is 64.6 Å². The number of nitrogens with zero attached hydrogens (tertiary/aromatic N) is 2. The molecule has 0 spiro atoms. The van der Waals surface area contributed by atoms with Gasteiger partial charge in [0.1, 0.15) is 5.82 Å². The minimum absolute atomic E-state index is 0.0980. The molecule has 7 heteroatoms. The van der Waals surface area contributed by atoms with Gasteiger partial charge < -0.3 is 10.6 Å². The average molecular weight is 365 g/mol. The predicted molar refractivity (Wildman–Crippen MR) is 100 cm³/mol. The molecule has 1 fully saturated rings. The Balaban J connectivity index is 1.73. The first kappa shape index (κ1) is 18.3. The van der Waals surface area contributed by atoms with Crippen LogP contribution in [0.2, 0.25) is 0 Å². The van der Waals surface area contributed by atoms with Gasteiger partial charge in [-0.1, -0.05) is 19.8 Å². The van der Waals surface area contributed by atoms with Crippen LogP contribution >= 0.6 is 11.8 Å². The highest BCUT2D eigenvalue weighted by molar-refractivity contribution is 7.98. The van der Waals surface area contributed by atoms with Gasteiger partial charge in [0.15, 0.2) is 0 Å². The lowest BCUT2D eigenvalue weighted by molar-refractivity contribution is -0.137. The van der Waals surface area contributed by atoms with E-state index in [0.29, 0.717) is 11.7 Å². The summed E-state index contributed by atoms with van der Waals surface area (Å²) in [6.45, 7) is 8.27. The number of aromatic nitrogens is 2. The fourth-order valence-electron chi connectivity index (χ4n) is 3.56. The highest BCUT2D eigenvalue weighted by atomic mass is 32.2. The monoisotopic (exact) mass is 364 g/mol. The summed E-state index contributed by atoms with van der Waals surface area (Å²) in [7, 11) is 0. The van der Waals surface area contributed by atoms with Crippen molar-refractivity contribution >= 4 is 29.4 Å². The van der Waals surface area contributed by atoms with E-state index in [1.807, 2.05) is 25.5 Å². The van der Waals surface area contributed by atoms with Gasteiger partial charge in [-0.25, -0.2) is 4.68 Å². The van der Waals surface area contributed by atoms with Crippen molar-refractivity contribution in [1.82, 2.24) is 15.1 Å². The number of thioether (sulfide) groups is 1. The van der Waals surface area contributed by atoms with Crippen LogP contribution in [-0.2, 0) is 26.6 Å². The lowest BCUT2D eigenvalue weighted by atomic mass is 9.86. The molecule has 0 aromatic carbocycles. The highest BCUT2D eigenvalue weighted by Gasteiger charge is 2.31. The fourth-order valence-corrected chi connectivity index (χ4v) is 4.59. The topological polar surface area (TPSA) is 76.0 Å². The predicted octanol–water partition coefficient (Wildman–Crippen LogP) is 3.02. The maximum absolute atomic E-state index is 12.5. The summed E-state index contributed by atoms with van der Waals surface area (Å²) >= 11 is 1.78. The Hall–Kier alpha value is -1.50. The van der Waals surface area contributed by atoms with Crippen molar-refractivity contribution in [2.45, 2.75) is 76.5 Å². The molecule has 0 saturated heterocycles. The molecule has 0 radical (unpaired) electrons. The lowest BCUT2D eigenvalue weighted by Gasteiger charge is -2.29. The van der Waals surface area contributed by atoms with E-state index in [0.717, 1.165) is 42.0 Å². The van der Waals surface area contributed by atoms with Gasteiger partial charge in [0.2, 0.25) is 0 Å². The van der Waals surface area contributed by atoms with Crippen LogP contribution in [0.3, 0.4) is 0 Å². The van der Waals surface area contributed by atoms with Gasteiger partial charge in [-0.2, -0.15) is 16.9 Å². The van der Waals surface area contributed by atoms with Gasteiger partial charge in [0.25, 0.3) is 0 Å². The third-order valence-electron chi connectivity index (χ3n) is 5.05. The third-order valence-corrected chi connectivity index (χ3v) is 6.02. The second kappa shape index (κ2) is 7.02. The highest BCUT2D eigenvalue weighted by Crippen LogP contribution is 2.37. The Kier molecular flexibility index (Phi) is 5.14. The van der Waals surface area contributed by atoms with Gasteiger partial charge in [-0.3, -0.25) is 9.59 Å². The second-order valence-electron chi connectivity index (χ2n) is 8.15. The van der Waals surface area contributed by atoms with E-state index in [1.54, 1.807) is 11.8 Å². The van der Waals surface area contributed by atoms with E-state index in [1.165, 1.54) is 6.42 Å². The number of rotatable bonds is 2. The van der Waals surface area contributed by atoms with E-state index in [2.05, 4.69) is 22.7 Å². The molecule has 1 aromatic rings. The molecule has 0 unspecified atom stereocenters. The number of fused-ring (bicyclic) bond motifs is 1. The van der Waals surface area contributed by atoms with E-state index < -0.39 is 11.8 Å². The maximum Gasteiger partial charge on any atom is 0.314 e. The van der Waals surface area contributed by atoms with E-state index in [-0.39, 0.29) is 11.6 Å². The molecule has 1 aliphatic carbocycles. The van der Waals surface area contributed by atoms with Crippen molar-refractivity contribution in [3.63, 3.8) is 0 Å². The Morgan fingerprint density at radius 1 is 1.16 bits per heavy atom. The number of amides is 2. The van der Waals surface area contributed by atoms with Crippen LogP contribution in [0.5, 0.6) is 0 Å². The van der Waals surface area contributed by atoms with Crippen LogP contribution in [-0.4, -0.2) is 27.6 Å². The molecule has 0 bridgehead atoms. The van der Waals surface area contributed by atoms with Crippen LogP contribution in [0.4, 0.5) is 5.82 Å². The minimum Gasteiger partial charge on any atom is -0.345 e. The SMILES string of the molecule is C[C@H]1CCCC[C@@H]1NC(=O)C(=O)Nc1c2c(nn1C(C)(C)C)CSC2. The summed E-state index contributed by atoms with van der Waals surface area (Å²) in [6.07, 6.45) is 4.37. The van der Waals surface area contributed by atoms with Gasteiger partial charge in [0.05, 0.1) is 11.2 Å². The van der Waals surface area contributed by atoms with Gasteiger partial charge in [-0.05, 0) is 39.5 Å². The number of carbonyl (C=O) groups is 2. The zero-order valence-corrected chi connectivity index (χ0v) is 16.3. The quantitative estimate of drug-likeness (QED) is 0.791. The first-order chi connectivity index (χ1) is 11.8. The molecule has 2 heterocycles. The zero-order chi connectivity index (χ0) is 18.2. The molecule has 138 valence electrons. The number of nitrogens with one attached hydrogen (secondary N) is 2. The van der Waals surface area contributed by atoms with E-state index >= 15 is 0 Å². The van der Waals surface area contributed by atoms with Crippen molar-refractivity contribution < 1.29 is 9.59 Å². The Bertz CT molecular complexity index is 677. The van der Waals surface area contributed by atoms with Gasteiger partial charge >= 0.3 is 11.8 Å². The summed E-state index contributed by atoms with van der Waals surface area (Å²) < 4.78 is 1.84. The van der Waals surface area contributed by atoms with Crippen molar-refractivity contribution in [3.8, 4) is 0 Å². The number of anilines is 1. The van der Waals surface area contributed by atoms with Gasteiger partial charge in [-0.15, -0.1) is 0 Å². The summed E-state index contributed by atoms with van der Waals surface area (Å²) in [5, 5.41) is 10.4. The largest absolute Gasteiger partial charge is 0.345 e. The molecular weight excluding hydrogens is 336 g/mol. The molecule has 2 amide bonds. The average Bonchev–Trinajstić information content (AvgIpc) is 3.11.